The number of amides is 1. The van der Waals surface area contributed by atoms with E-state index in [4.69, 9.17) is 9.47 Å². The molecular weight excluding hydrogens is 406 g/mol. The van der Waals surface area contributed by atoms with Crippen LogP contribution in [-0.2, 0) is 16.0 Å². The molecule has 1 unspecified atom stereocenters. The molecule has 0 radical (unpaired) electrons. The maximum atomic E-state index is 12.7. The Bertz CT molecular complexity index is 819. The molecule has 0 aliphatic carbocycles. The number of aromatic nitrogens is 2. The zero-order valence-electron chi connectivity index (χ0n) is 18.2. The van der Waals surface area contributed by atoms with Crippen LogP contribution in [0.15, 0.2) is 5.16 Å². The maximum Gasteiger partial charge on any atom is 0.407 e. The molecule has 1 saturated heterocycles. The standard InChI is InChI=1S/C20H29N5O4S/c1-20(2,3)29-19(27)22-11-14-15(17(26)28-4)16(24-18(23-14)30-5)25-9-7-6-8-13(10-21)12-25/h13H,6-9,11-12H2,1-5H3,(H,22,27). The minimum atomic E-state index is -0.644. The number of nitriles is 1. The first-order valence-corrected chi connectivity index (χ1v) is 11.1. The van der Waals surface area contributed by atoms with Crippen LogP contribution in [0.1, 0.15) is 56.1 Å². The molecule has 10 heteroatoms. The summed E-state index contributed by atoms with van der Waals surface area (Å²) >= 11 is 1.34. The molecule has 1 aliphatic heterocycles. The third-order valence-electron chi connectivity index (χ3n) is 4.47. The van der Waals surface area contributed by atoms with E-state index in [-0.39, 0.29) is 18.0 Å². The Kier molecular flexibility index (Phi) is 8.29. The second kappa shape index (κ2) is 10.5. The lowest BCUT2D eigenvalue weighted by Gasteiger charge is -2.26. The highest BCUT2D eigenvalue weighted by atomic mass is 32.2. The summed E-state index contributed by atoms with van der Waals surface area (Å²) in [6.07, 6.45) is 3.87. The summed E-state index contributed by atoms with van der Waals surface area (Å²) in [5, 5.41) is 12.6. The molecule has 1 N–H and O–H groups in total. The van der Waals surface area contributed by atoms with Crippen molar-refractivity contribution in [3.8, 4) is 6.07 Å². The van der Waals surface area contributed by atoms with Gasteiger partial charge >= 0.3 is 12.1 Å². The number of carbonyl (C=O) groups is 2. The number of nitrogens with one attached hydrogen (secondary N) is 1. The molecule has 2 heterocycles. The first-order valence-electron chi connectivity index (χ1n) is 9.83. The van der Waals surface area contributed by atoms with Gasteiger partial charge in [0.2, 0.25) is 0 Å². The van der Waals surface area contributed by atoms with E-state index in [1.54, 1.807) is 20.8 Å². The zero-order chi connectivity index (χ0) is 22.3. The molecule has 0 saturated carbocycles. The fourth-order valence-corrected chi connectivity index (χ4v) is 3.52. The van der Waals surface area contributed by atoms with E-state index in [9.17, 15) is 14.9 Å². The number of carbonyl (C=O) groups excluding carboxylic acids is 2. The highest BCUT2D eigenvalue weighted by Gasteiger charge is 2.28. The van der Waals surface area contributed by atoms with Gasteiger partial charge in [0.1, 0.15) is 17.0 Å². The van der Waals surface area contributed by atoms with Gasteiger partial charge in [0.05, 0.1) is 31.3 Å². The molecule has 0 spiro atoms. The van der Waals surface area contributed by atoms with Crippen LogP contribution in [0.3, 0.4) is 0 Å². The molecular formula is C20H29N5O4S. The normalized spacial score (nSPS) is 16.9. The molecule has 1 aromatic rings. The molecule has 0 aromatic carbocycles. The number of thioether (sulfide) groups is 1. The average Bonchev–Trinajstić information content (AvgIpc) is 2.95. The van der Waals surface area contributed by atoms with Gasteiger partial charge in [-0.05, 0) is 39.9 Å². The average molecular weight is 436 g/mol. The topological polar surface area (TPSA) is 117 Å². The number of methoxy groups -OCH3 is 1. The van der Waals surface area contributed by atoms with Crippen molar-refractivity contribution < 1.29 is 19.1 Å². The summed E-state index contributed by atoms with van der Waals surface area (Å²) in [5.74, 6) is -0.297. The number of hydrogen-bond acceptors (Lipinski definition) is 9. The van der Waals surface area contributed by atoms with Gasteiger partial charge in [-0.25, -0.2) is 19.6 Å². The van der Waals surface area contributed by atoms with Gasteiger partial charge in [-0.2, -0.15) is 5.26 Å². The Labute approximate surface area is 181 Å². The quantitative estimate of drug-likeness (QED) is 0.423. The molecule has 1 amide bonds. The number of hydrogen-bond donors (Lipinski definition) is 1. The van der Waals surface area contributed by atoms with E-state index in [1.165, 1.54) is 18.9 Å². The molecule has 2 rings (SSSR count). The van der Waals surface area contributed by atoms with E-state index in [0.717, 1.165) is 19.3 Å². The first-order chi connectivity index (χ1) is 14.2. The SMILES string of the molecule is COC(=O)c1c(CNC(=O)OC(C)(C)C)nc(SC)nc1N1CCCCC(C#N)C1. The van der Waals surface area contributed by atoms with Crippen LogP contribution in [0.25, 0.3) is 0 Å². The summed E-state index contributed by atoms with van der Waals surface area (Å²) in [6, 6.07) is 2.33. The summed E-state index contributed by atoms with van der Waals surface area (Å²) in [7, 11) is 1.29. The van der Waals surface area contributed by atoms with Gasteiger partial charge < -0.3 is 19.7 Å². The van der Waals surface area contributed by atoms with Crippen LogP contribution < -0.4 is 10.2 Å². The molecule has 1 aromatic heterocycles. The van der Waals surface area contributed by atoms with Crippen molar-refractivity contribution in [2.75, 3.05) is 31.4 Å². The third-order valence-corrected chi connectivity index (χ3v) is 5.02. The predicted molar refractivity (Wildman–Crippen MR) is 113 cm³/mol. The number of ether oxygens (including phenoxy) is 2. The number of nitrogens with zero attached hydrogens (tertiary/aromatic N) is 4. The molecule has 1 atom stereocenters. The van der Waals surface area contributed by atoms with E-state index >= 15 is 0 Å². The lowest BCUT2D eigenvalue weighted by molar-refractivity contribution is 0.0516. The highest BCUT2D eigenvalue weighted by Crippen LogP contribution is 2.28. The van der Waals surface area contributed by atoms with Gasteiger partial charge in [0.15, 0.2) is 5.16 Å². The first kappa shape index (κ1) is 23.7. The van der Waals surface area contributed by atoms with Crippen LogP contribution >= 0.6 is 11.8 Å². The summed E-state index contributed by atoms with van der Waals surface area (Å²) < 4.78 is 10.3. The Balaban J connectivity index is 2.43. The van der Waals surface area contributed by atoms with Crippen molar-refractivity contribution >= 4 is 29.6 Å². The second-order valence-electron chi connectivity index (χ2n) is 7.97. The van der Waals surface area contributed by atoms with Crippen molar-refractivity contribution in [3.63, 3.8) is 0 Å². The lowest BCUT2D eigenvalue weighted by atomic mass is 10.1. The largest absolute Gasteiger partial charge is 0.465 e. The molecule has 30 heavy (non-hydrogen) atoms. The second-order valence-corrected chi connectivity index (χ2v) is 8.74. The number of alkyl carbamates (subject to hydrolysis) is 1. The van der Waals surface area contributed by atoms with E-state index in [2.05, 4.69) is 21.4 Å². The Hall–Kier alpha value is -2.54. The maximum absolute atomic E-state index is 12.7. The van der Waals surface area contributed by atoms with Crippen molar-refractivity contribution in [1.29, 1.82) is 5.26 Å². The van der Waals surface area contributed by atoms with Crippen molar-refractivity contribution in [1.82, 2.24) is 15.3 Å². The Morgan fingerprint density at radius 2 is 2.07 bits per heavy atom. The number of esters is 1. The fraction of sp³-hybridized carbons (Fsp3) is 0.650. The van der Waals surface area contributed by atoms with Gasteiger partial charge in [0, 0.05) is 13.1 Å². The van der Waals surface area contributed by atoms with Crippen LogP contribution in [0.4, 0.5) is 10.6 Å². The van der Waals surface area contributed by atoms with Crippen molar-refractivity contribution in [3.05, 3.63) is 11.3 Å². The molecule has 1 fully saturated rings. The van der Waals surface area contributed by atoms with E-state index in [0.29, 0.717) is 29.8 Å². The van der Waals surface area contributed by atoms with Gasteiger partial charge in [-0.1, -0.05) is 18.2 Å². The van der Waals surface area contributed by atoms with Crippen molar-refractivity contribution in [2.45, 2.75) is 57.3 Å². The van der Waals surface area contributed by atoms with E-state index in [1.807, 2.05) is 11.2 Å². The monoisotopic (exact) mass is 435 g/mol. The molecule has 0 bridgehead atoms. The lowest BCUT2D eigenvalue weighted by Crippen LogP contribution is -2.34. The minimum absolute atomic E-state index is 0.0159. The number of anilines is 1. The van der Waals surface area contributed by atoms with Crippen LogP contribution in [0.5, 0.6) is 0 Å². The van der Waals surface area contributed by atoms with Crippen molar-refractivity contribution in [2.24, 2.45) is 5.92 Å². The van der Waals surface area contributed by atoms with Crippen LogP contribution in [0.2, 0.25) is 0 Å². The van der Waals surface area contributed by atoms with Gasteiger partial charge in [0.25, 0.3) is 0 Å². The van der Waals surface area contributed by atoms with Gasteiger partial charge in [-0.3, -0.25) is 0 Å². The smallest absolute Gasteiger partial charge is 0.407 e. The highest BCUT2D eigenvalue weighted by molar-refractivity contribution is 7.98. The summed E-state index contributed by atoms with van der Waals surface area (Å²) in [6.45, 7) is 6.44. The minimum Gasteiger partial charge on any atom is -0.465 e. The Morgan fingerprint density at radius 3 is 2.67 bits per heavy atom. The molecule has 1 aliphatic rings. The third kappa shape index (κ3) is 6.49. The predicted octanol–water partition coefficient (Wildman–Crippen LogP) is 3.14. The van der Waals surface area contributed by atoms with E-state index < -0.39 is 17.7 Å². The fourth-order valence-electron chi connectivity index (χ4n) is 3.14. The molecule has 9 nitrogen and oxygen atoms in total. The molecule has 164 valence electrons. The van der Waals surface area contributed by atoms with Gasteiger partial charge in [-0.15, -0.1) is 0 Å². The zero-order valence-corrected chi connectivity index (χ0v) is 19.0. The van der Waals surface area contributed by atoms with Crippen LogP contribution in [0, 0.1) is 17.2 Å². The van der Waals surface area contributed by atoms with Crippen LogP contribution in [-0.4, -0.2) is 54.1 Å². The Morgan fingerprint density at radius 1 is 1.33 bits per heavy atom. The summed E-state index contributed by atoms with van der Waals surface area (Å²) in [5.41, 5.74) is -0.0979. The number of rotatable bonds is 5. The summed E-state index contributed by atoms with van der Waals surface area (Å²) in [4.78, 5) is 35.7.